The topological polar surface area (TPSA) is 50.3 Å². The van der Waals surface area contributed by atoms with Gasteiger partial charge in [-0.05, 0) is 31.2 Å². The van der Waals surface area contributed by atoms with E-state index in [1.54, 1.807) is 10.5 Å². The third-order valence-corrected chi connectivity index (χ3v) is 6.51. The van der Waals surface area contributed by atoms with Crippen LogP contribution in [0.1, 0.15) is 29.8 Å². The van der Waals surface area contributed by atoms with Crippen molar-refractivity contribution in [3.63, 3.8) is 0 Å². The summed E-state index contributed by atoms with van der Waals surface area (Å²) in [5.74, 6) is 0.212. The average molecular weight is 336 g/mol. The predicted molar refractivity (Wildman–Crippen MR) is 89.2 cm³/mol. The van der Waals surface area contributed by atoms with Crippen molar-refractivity contribution in [2.24, 2.45) is 0 Å². The van der Waals surface area contributed by atoms with Crippen LogP contribution in [0.15, 0.2) is 41.9 Å². The van der Waals surface area contributed by atoms with E-state index >= 15 is 0 Å². The van der Waals surface area contributed by atoms with E-state index in [2.05, 4.69) is 4.98 Å². The molecule has 1 fully saturated rings. The Balaban J connectivity index is 1.60. The minimum absolute atomic E-state index is 0.186. The second-order valence-corrected chi connectivity index (χ2v) is 8.63. The number of benzene rings is 1. The average Bonchev–Trinajstić information content (AvgIpc) is 3.21. The normalized spacial score (nSPS) is 15.3. The fourth-order valence-corrected chi connectivity index (χ4v) is 4.93. The Morgan fingerprint density at radius 3 is 2.64 bits per heavy atom. The number of rotatable bonds is 8. The van der Waals surface area contributed by atoms with Gasteiger partial charge >= 0.3 is 0 Å². The third kappa shape index (κ3) is 4.15. The van der Waals surface area contributed by atoms with Crippen LogP contribution in [0, 0.1) is 0 Å². The molecular formula is C16H20N2O2S2. The molecule has 118 valence electrons. The molecule has 1 aromatic carbocycles. The maximum Gasteiger partial charge on any atom is 0.214 e. The van der Waals surface area contributed by atoms with Crippen LogP contribution in [0.4, 0.5) is 0 Å². The number of thiazole rings is 1. The summed E-state index contributed by atoms with van der Waals surface area (Å²) in [5, 5.41) is 2.76. The van der Waals surface area contributed by atoms with E-state index < -0.39 is 10.0 Å². The van der Waals surface area contributed by atoms with Crippen molar-refractivity contribution in [1.29, 1.82) is 0 Å². The highest BCUT2D eigenvalue weighted by molar-refractivity contribution is 7.89. The summed E-state index contributed by atoms with van der Waals surface area (Å²) in [4.78, 5) is 4.22. The van der Waals surface area contributed by atoms with E-state index in [4.69, 9.17) is 0 Å². The monoisotopic (exact) mass is 336 g/mol. The molecule has 0 unspecified atom stereocenters. The molecule has 4 nitrogen and oxygen atoms in total. The molecular weight excluding hydrogens is 316 g/mol. The Morgan fingerprint density at radius 2 is 2.00 bits per heavy atom. The lowest BCUT2D eigenvalue weighted by molar-refractivity contribution is 0.397. The first kappa shape index (κ1) is 15.6. The summed E-state index contributed by atoms with van der Waals surface area (Å²) in [6.45, 7) is 0.427. The lowest BCUT2D eigenvalue weighted by atomic mass is 10.1. The number of aromatic nitrogens is 1. The highest BCUT2D eigenvalue weighted by Gasteiger charge is 2.37. The SMILES string of the molecule is O=S(=O)(CCCc1ccccc1)N(Cc1nccs1)C1CC1. The fourth-order valence-electron chi connectivity index (χ4n) is 2.50. The Morgan fingerprint density at radius 1 is 1.23 bits per heavy atom. The van der Waals surface area contributed by atoms with Gasteiger partial charge in [0.05, 0.1) is 12.3 Å². The van der Waals surface area contributed by atoms with E-state index in [1.165, 1.54) is 16.9 Å². The number of nitrogens with zero attached hydrogens (tertiary/aromatic N) is 2. The molecule has 0 saturated heterocycles. The van der Waals surface area contributed by atoms with Crippen molar-refractivity contribution in [3.8, 4) is 0 Å². The van der Waals surface area contributed by atoms with Crippen LogP contribution in [-0.2, 0) is 23.0 Å². The van der Waals surface area contributed by atoms with Crippen molar-refractivity contribution in [2.45, 2.75) is 38.3 Å². The van der Waals surface area contributed by atoms with Crippen molar-refractivity contribution < 1.29 is 8.42 Å². The van der Waals surface area contributed by atoms with E-state index in [9.17, 15) is 8.42 Å². The van der Waals surface area contributed by atoms with E-state index in [1.807, 2.05) is 35.7 Å². The summed E-state index contributed by atoms with van der Waals surface area (Å²) in [6.07, 6.45) is 5.14. The van der Waals surface area contributed by atoms with Gasteiger partial charge in [-0.1, -0.05) is 30.3 Å². The first-order valence-corrected chi connectivity index (χ1v) is 10.1. The zero-order valence-electron chi connectivity index (χ0n) is 12.4. The molecule has 0 amide bonds. The Hall–Kier alpha value is -1.24. The second kappa shape index (κ2) is 6.89. The van der Waals surface area contributed by atoms with Gasteiger partial charge in [0, 0.05) is 17.6 Å². The molecule has 0 spiro atoms. The van der Waals surface area contributed by atoms with Crippen molar-refractivity contribution in [2.75, 3.05) is 5.75 Å². The van der Waals surface area contributed by atoms with Gasteiger partial charge in [0.15, 0.2) is 0 Å². The van der Waals surface area contributed by atoms with Gasteiger partial charge < -0.3 is 0 Å². The molecule has 1 aliphatic rings. The highest BCUT2D eigenvalue weighted by atomic mass is 32.2. The van der Waals surface area contributed by atoms with Gasteiger partial charge in [-0.2, -0.15) is 4.31 Å². The summed E-state index contributed by atoms with van der Waals surface area (Å²) < 4.78 is 26.9. The molecule has 0 radical (unpaired) electrons. The third-order valence-electron chi connectivity index (χ3n) is 3.80. The lowest BCUT2D eigenvalue weighted by Gasteiger charge is -2.20. The van der Waals surface area contributed by atoms with Crippen LogP contribution in [0.5, 0.6) is 0 Å². The summed E-state index contributed by atoms with van der Waals surface area (Å²) in [7, 11) is -3.21. The zero-order valence-corrected chi connectivity index (χ0v) is 14.0. The van der Waals surface area contributed by atoms with Crippen LogP contribution in [-0.4, -0.2) is 29.5 Å². The minimum atomic E-state index is -3.21. The maximum atomic E-state index is 12.6. The fraction of sp³-hybridized carbons (Fsp3) is 0.438. The predicted octanol–water partition coefficient (Wildman–Crippen LogP) is 3.07. The van der Waals surface area contributed by atoms with Gasteiger partial charge in [-0.3, -0.25) is 0 Å². The molecule has 6 heteroatoms. The van der Waals surface area contributed by atoms with E-state index in [0.717, 1.165) is 24.3 Å². The van der Waals surface area contributed by atoms with Crippen molar-refractivity contribution >= 4 is 21.4 Å². The number of aryl methyl sites for hydroxylation is 1. The summed E-state index contributed by atoms with van der Waals surface area (Å²) in [6, 6.07) is 10.2. The first-order chi connectivity index (χ1) is 10.6. The summed E-state index contributed by atoms with van der Waals surface area (Å²) >= 11 is 1.52. The van der Waals surface area contributed by atoms with Crippen LogP contribution >= 0.6 is 11.3 Å². The van der Waals surface area contributed by atoms with Crippen LogP contribution < -0.4 is 0 Å². The second-order valence-electron chi connectivity index (χ2n) is 5.61. The molecule has 0 bridgehead atoms. The Kier molecular flexibility index (Phi) is 4.90. The molecule has 2 aromatic rings. The molecule has 1 aromatic heterocycles. The quantitative estimate of drug-likeness (QED) is 0.744. The standard InChI is InChI=1S/C16H20N2O2S2/c19-22(20,12-4-7-14-5-2-1-3-6-14)18(15-8-9-15)13-16-17-10-11-21-16/h1-3,5-6,10-11,15H,4,7-9,12-13H2. The van der Waals surface area contributed by atoms with Crippen LogP contribution in [0.3, 0.4) is 0 Å². The highest BCUT2D eigenvalue weighted by Crippen LogP contribution is 2.31. The van der Waals surface area contributed by atoms with Gasteiger partial charge in [0.25, 0.3) is 0 Å². The van der Waals surface area contributed by atoms with E-state index in [0.29, 0.717) is 13.0 Å². The minimum Gasteiger partial charge on any atom is -0.248 e. The molecule has 1 saturated carbocycles. The largest absolute Gasteiger partial charge is 0.248 e. The molecule has 0 aliphatic heterocycles. The lowest BCUT2D eigenvalue weighted by Crippen LogP contribution is -2.34. The van der Waals surface area contributed by atoms with Crippen molar-refractivity contribution in [3.05, 3.63) is 52.5 Å². The van der Waals surface area contributed by atoms with Gasteiger partial charge in [-0.25, -0.2) is 13.4 Å². The van der Waals surface area contributed by atoms with Crippen molar-refractivity contribution in [1.82, 2.24) is 9.29 Å². The first-order valence-electron chi connectivity index (χ1n) is 7.57. The maximum absolute atomic E-state index is 12.6. The van der Waals surface area contributed by atoms with Crippen LogP contribution in [0.25, 0.3) is 0 Å². The molecule has 1 heterocycles. The summed E-state index contributed by atoms with van der Waals surface area (Å²) in [5.41, 5.74) is 1.19. The van der Waals surface area contributed by atoms with Gasteiger partial charge in [0.1, 0.15) is 5.01 Å². The van der Waals surface area contributed by atoms with Gasteiger partial charge in [0.2, 0.25) is 10.0 Å². The molecule has 0 atom stereocenters. The number of hydrogen-bond acceptors (Lipinski definition) is 4. The van der Waals surface area contributed by atoms with Crippen LogP contribution in [0.2, 0.25) is 0 Å². The number of hydrogen-bond donors (Lipinski definition) is 0. The Labute approximate surface area is 135 Å². The molecule has 0 N–H and O–H groups in total. The van der Waals surface area contributed by atoms with Gasteiger partial charge in [-0.15, -0.1) is 11.3 Å². The number of sulfonamides is 1. The molecule has 22 heavy (non-hydrogen) atoms. The zero-order chi connectivity index (χ0) is 15.4. The van der Waals surface area contributed by atoms with E-state index in [-0.39, 0.29) is 11.8 Å². The molecule has 1 aliphatic carbocycles. The smallest absolute Gasteiger partial charge is 0.214 e. The Bertz CT molecular complexity index is 680. The molecule has 3 rings (SSSR count).